The van der Waals surface area contributed by atoms with Crippen molar-refractivity contribution in [1.29, 1.82) is 0 Å². The van der Waals surface area contributed by atoms with Gasteiger partial charge < -0.3 is 5.32 Å². The van der Waals surface area contributed by atoms with Crippen molar-refractivity contribution in [2.24, 2.45) is 0 Å². The molecule has 0 bridgehead atoms. The Morgan fingerprint density at radius 2 is 2.00 bits per heavy atom. The van der Waals surface area contributed by atoms with Gasteiger partial charge in [0.15, 0.2) is 0 Å². The van der Waals surface area contributed by atoms with Crippen LogP contribution in [0.2, 0.25) is 5.02 Å². The molecule has 0 saturated carbocycles. The number of aryl methyl sites for hydroxylation is 1. The van der Waals surface area contributed by atoms with Gasteiger partial charge in [0.1, 0.15) is 5.82 Å². The molecular formula is C16H17ClFN. The largest absolute Gasteiger partial charge is 0.306 e. The topological polar surface area (TPSA) is 12.0 Å². The van der Waals surface area contributed by atoms with E-state index in [-0.39, 0.29) is 11.9 Å². The molecule has 0 aromatic heterocycles. The third-order valence-electron chi connectivity index (χ3n) is 3.05. The third kappa shape index (κ3) is 3.34. The van der Waals surface area contributed by atoms with Gasteiger partial charge in [-0.1, -0.05) is 48.4 Å². The minimum absolute atomic E-state index is 0.177. The molecule has 3 heteroatoms. The highest BCUT2D eigenvalue weighted by Gasteiger charge is 2.17. The lowest BCUT2D eigenvalue weighted by Gasteiger charge is -2.20. The zero-order chi connectivity index (χ0) is 13.8. The molecule has 0 radical (unpaired) electrons. The second-order valence-corrected chi connectivity index (χ2v) is 5.01. The Hall–Kier alpha value is -1.38. The molecule has 1 N–H and O–H groups in total. The van der Waals surface area contributed by atoms with Crippen molar-refractivity contribution in [1.82, 2.24) is 5.32 Å². The monoisotopic (exact) mass is 277 g/mol. The molecular weight excluding hydrogens is 261 g/mol. The molecule has 0 amide bonds. The van der Waals surface area contributed by atoms with Gasteiger partial charge in [0.2, 0.25) is 0 Å². The van der Waals surface area contributed by atoms with E-state index in [4.69, 9.17) is 11.6 Å². The molecule has 0 saturated heterocycles. The molecule has 0 aliphatic rings. The summed E-state index contributed by atoms with van der Waals surface area (Å²) in [5.41, 5.74) is 2.67. The average Bonchev–Trinajstić information content (AvgIpc) is 2.39. The molecule has 2 aromatic rings. The van der Waals surface area contributed by atoms with Gasteiger partial charge in [0, 0.05) is 10.6 Å². The van der Waals surface area contributed by atoms with E-state index in [1.54, 1.807) is 6.07 Å². The van der Waals surface area contributed by atoms with Crippen molar-refractivity contribution in [3.05, 3.63) is 70.0 Å². The predicted molar refractivity (Wildman–Crippen MR) is 78.1 cm³/mol. The van der Waals surface area contributed by atoms with Crippen LogP contribution >= 0.6 is 11.6 Å². The summed E-state index contributed by atoms with van der Waals surface area (Å²) in [5, 5.41) is 3.97. The Bertz CT molecular complexity index is 568. The number of halogens is 2. The summed E-state index contributed by atoms with van der Waals surface area (Å²) in [7, 11) is 0. The van der Waals surface area contributed by atoms with Crippen LogP contribution in [0, 0.1) is 12.7 Å². The maximum Gasteiger partial charge on any atom is 0.128 e. The van der Waals surface area contributed by atoms with E-state index in [0.29, 0.717) is 10.6 Å². The third-order valence-corrected chi connectivity index (χ3v) is 3.29. The highest BCUT2D eigenvalue weighted by atomic mass is 35.5. The first kappa shape index (κ1) is 14.0. The first-order chi connectivity index (χ1) is 9.11. The Labute approximate surface area is 118 Å². The number of benzene rings is 2. The molecule has 0 spiro atoms. The summed E-state index contributed by atoms with van der Waals surface area (Å²) in [5.74, 6) is -0.198. The smallest absolute Gasteiger partial charge is 0.128 e. The van der Waals surface area contributed by atoms with Gasteiger partial charge in [-0.2, -0.15) is 0 Å². The number of hydrogen-bond acceptors (Lipinski definition) is 1. The standard InChI is InChI=1S/C16H17ClFN/c1-3-19-16(12-5-4-6-13(17)10-12)14-9-11(2)7-8-15(14)18/h4-10,16,19H,3H2,1-2H3. The predicted octanol–water partition coefficient (Wildman–Crippen LogP) is 4.49. The van der Waals surface area contributed by atoms with Crippen LogP contribution in [0.1, 0.15) is 29.7 Å². The fourth-order valence-electron chi connectivity index (χ4n) is 2.18. The van der Waals surface area contributed by atoms with Crippen LogP contribution in [0.15, 0.2) is 42.5 Å². The van der Waals surface area contributed by atoms with Gasteiger partial charge in [-0.05, 0) is 37.2 Å². The van der Waals surface area contributed by atoms with E-state index in [2.05, 4.69) is 5.32 Å². The van der Waals surface area contributed by atoms with Gasteiger partial charge in [-0.3, -0.25) is 0 Å². The lowest BCUT2D eigenvalue weighted by Crippen LogP contribution is -2.23. The van der Waals surface area contributed by atoms with Gasteiger partial charge in [0.25, 0.3) is 0 Å². The number of hydrogen-bond donors (Lipinski definition) is 1. The van der Waals surface area contributed by atoms with E-state index in [1.165, 1.54) is 6.07 Å². The van der Waals surface area contributed by atoms with E-state index in [0.717, 1.165) is 17.7 Å². The molecule has 0 aliphatic heterocycles. The van der Waals surface area contributed by atoms with Crippen molar-refractivity contribution >= 4 is 11.6 Å². The molecule has 0 heterocycles. The minimum atomic E-state index is -0.198. The zero-order valence-electron chi connectivity index (χ0n) is 11.1. The van der Waals surface area contributed by atoms with E-state index in [1.807, 2.05) is 44.2 Å². The molecule has 2 rings (SSSR count). The van der Waals surface area contributed by atoms with Crippen LogP contribution in [0.25, 0.3) is 0 Å². The lowest BCUT2D eigenvalue weighted by atomic mass is 9.97. The lowest BCUT2D eigenvalue weighted by molar-refractivity contribution is 0.558. The van der Waals surface area contributed by atoms with Gasteiger partial charge in [-0.25, -0.2) is 4.39 Å². The molecule has 1 unspecified atom stereocenters. The highest BCUT2D eigenvalue weighted by molar-refractivity contribution is 6.30. The molecule has 19 heavy (non-hydrogen) atoms. The van der Waals surface area contributed by atoms with Crippen LogP contribution in [0.5, 0.6) is 0 Å². The molecule has 1 atom stereocenters. The maximum absolute atomic E-state index is 14.1. The average molecular weight is 278 g/mol. The molecule has 2 aromatic carbocycles. The molecule has 0 aliphatic carbocycles. The second kappa shape index (κ2) is 6.18. The molecule has 100 valence electrons. The maximum atomic E-state index is 14.1. The van der Waals surface area contributed by atoms with Crippen LogP contribution in [-0.4, -0.2) is 6.54 Å². The van der Waals surface area contributed by atoms with E-state index in [9.17, 15) is 4.39 Å². The van der Waals surface area contributed by atoms with E-state index >= 15 is 0 Å². The molecule has 1 nitrogen and oxygen atoms in total. The van der Waals surface area contributed by atoms with Crippen molar-refractivity contribution in [2.45, 2.75) is 19.9 Å². The van der Waals surface area contributed by atoms with Crippen LogP contribution in [0.4, 0.5) is 4.39 Å². The highest BCUT2D eigenvalue weighted by Crippen LogP contribution is 2.27. The normalized spacial score (nSPS) is 12.4. The summed E-state index contributed by atoms with van der Waals surface area (Å²) < 4.78 is 14.1. The Morgan fingerprint density at radius 3 is 2.68 bits per heavy atom. The summed E-state index contributed by atoms with van der Waals surface area (Å²) in [6.07, 6.45) is 0. The number of rotatable bonds is 4. The van der Waals surface area contributed by atoms with Crippen LogP contribution in [0.3, 0.4) is 0 Å². The Kier molecular flexibility index (Phi) is 4.56. The first-order valence-electron chi connectivity index (χ1n) is 6.36. The van der Waals surface area contributed by atoms with Crippen LogP contribution in [-0.2, 0) is 0 Å². The van der Waals surface area contributed by atoms with Gasteiger partial charge in [-0.15, -0.1) is 0 Å². The zero-order valence-corrected chi connectivity index (χ0v) is 11.8. The summed E-state index contributed by atoms with van der Waals surface area (Å²) in [6, 6.07) is 12.5. The number of nitrogens with one attached hydrogen (secondary N) is 1. The summed E-state index contributed by atoms with van der Waals surface area (Å²) >= 11 is 6.03. The van der Waals surface area contributed by atoms with Crippen molar-refractivity contribution in [2.75, 3.05) is 6.54 Å². The minimum Gasteiger partial charge on any atom is -0.306 e. The molecule has 0 fully saturated rings. The Morgan fingerprint density at radius 1 is 1.21 bits per heavy atom. The van der Waals surface area contributed by atoms with Crippen molar-refractivity contribution < 1.29 is 4.39 Å². The second-order valence-electron chi connectivity index (χ2n) is 4.57. The van der Waals surface area contributed by atoms with Gasteiger partial charge >= 0.3 is 0 Å². The Balaban J connectivity index is 2.48. The van der Waals surface area contributed by atoms with Gasteiger partial charge in [0.05, 0.1) is 6.04 Å². The quantitative estimate of drug-likeness (QED) is 0.868. The fraction of sp³-hybridized carbons (Fsp3) is 0.250. The van der Waals surface area contributed by atoms with E-state index < -0.39 is 0 Å². The van der Waals surface area contributed by atoms with Crippen LogP contribution < -0.4 is 5.32 Å². The first-order valence-corrected chi connectivity index (χ1v) is 6.74. The summed E-state index contributed by atoms with van der Waals surface area (Å²) in [4.78, 5) is 0. The van der Waals surface area contributed by atoms with Crippen molar-refractivity contribution in [3.63, 3.8) is 0 Å². The fourth-order valence-corrected chi connectivity index (χ4v) is 2.38. The summed E-state index contributed by atoms with van der Waals surface area (Å²) in [6.45, 7) is 4.72. The van der Waals surface area contributed by atoms with Crippen molar-refractivity contribution in [3.8, 4) is 0 Å². The SMILES string of the molecule is CCNC(c1cccc(Cl)c1)c1cc(C)ccc1F.